The van der Waals surface area contributed by atoms with E-state index in [2.05, 4.69) is 10.3 Å². The van der Waals surface area contributed by atoms with Crippen molar-refractivity contribution in [1.82, 2.24) is 5.32 Å². The predicted octanol–water partition coefficient (Wildman–Crippen LogP) is 5.21. The second-order valence-corrected chi connectivity index (χ2v) is 6.89. The number of aliphatic imine (C=N–C) groups is 1. The van der Waals surface area contributed by atoms with Crippen LogP contribution in [0, 0.1) is 13.8 Å². The van der Waals surface area contributed by atoms with Crippen molar-refractivity contribution in [2.75, 3.05) is 0 Å². The number of amides is 1. The molecule has 0 spiro atoms. The fourth-order valence-corrected chi connectivity index (χ4v) is 3.28. The Morgan fingerprint density at radius 3 is 2.58 bits per heavy atom. The molecule has 0 radical (unpaired) electrons. The molecular weight excluding hydrogens is 361 g/mol. The van der Waals surface area contributed by atoms with Crippen LogP contribution in [0.25, 0.3) is 6.08 Å². The standard InChI is InChI=1S/C19H15F3N2OS/c1-11-7-8-12(2)13(9-11)10-16-17(25)24-18(26-16)23-15-6-4-3-5-14(15)19(20,21)22/h3-10H,1-2H3,(H,23,24,25)/b16-10-. The minimum absolute atomic E-state index is 0.128. The van der Waals surface area contributed by atoms with Crippen LogP contribution in [0.15, 0.2) is 52.4 Å². The lowest BCUT2D eigenvalue weighted by Crippen LogP contribution is -2.19. The quantitative estimate of drug-likeness (QED) is 0.731. The van der Waals surface area contributed by atoms with Crippen molar-refractivity contribution in [3.63, 3.8) is 0 Å². The number of halogens is 3. The molecule has 2 aromatic carbocycles. The van der Waals surface area contributed by atoms with Crippen molar-refractivity contribution in [2.24, 2.45) is 4.99 Å². The van der Waals surface area contributed by atoms with E-state index in [1.54, 1.807) is 6.08 Å². The van der Waals surface area contributed by atoms with Gasteiger partial charge in [-0.25, -0.2) is 4.99 Å². The zero-order chi connectivity index (χ0) is 18.9. The Morgan fingerprint density at radius 2 is 1.85 bits per heavy atom. The lowest BCUT2D eigenvalue weighted by molar-refractivity contribution is -0.137. The second-order valence-electron chi connectivity index (χ2n) is 5.86. The van der Waals surface area contributed by atoms with Crippen LogP contribution in [0.3, 0.4) is 0 Å². The Kier molecular flexibility index (Phi) is 4.91. The van der Waals surface area contributed by atoms with Crippen LogP contribution in [-0.4, -0.2) is 11.1 Å². The molecule has 1 N–H and O–H groups in total. The van der Waals surface area contributed by atoms with Crippen LogP contribution in [0.1, 0.15) is 22.3 Å². The normalized spacial score (nSPS) is 17.8. The van der Waals surface area contributed by atoms with Gasteiger partial charge in [0.1, 0.15) is 0 Å². The number of carbonyl (C=O) groups excluding carboxylic acids is 1. The summed E-state index contributed by atoms with van der Waals surface area (Å²) in [6.45, 7) is 3.88. The number of nitrogens with zero attached hydrogens (tertiary/aromatic N) is 1. The molecule has 1 heterocycles. The van der Waals surface area contributed by atoms with E-state index in [1.807, 2.05) is 32.0 Å². The zero-order valence-electron chi connectivity index (χ0n) is 14.0. The molecule has 0 saturated carbocycles. The SMILES string of the molecule is Cc1ccc(C)c(/C=C2\SC(=Nc3ccccc3C(F)(F)F)NC2=O)c1. The maximum atomic E-state index is 13.1. The first-order valence-electron chi connectivity index (χ1n) is 7.77. The van der Waals surface area contributed by atoms with Gasteiger partial charge in [0, 0.05) is 0 Å². The van der Waals surface area contributed by atoms with E-state index >= 15 is 0 Å². The molecule has 7 heteroatoms. The number of hydrogen-bond donors (Lipinski definition) is 1. The summed E-state index contributed by atoms with van der Waals surface area (Å²) in [5.41, 5.74) is 1.88. The molecule has 26 heavy (non-hydrogen) atoms. The van der Waals surface area contributed by atoms with Crippen molar-refractivity contribution in [3.05, 3.63) is 69.6 Å². The molecule has 0 aliphatic carbocycles. The van der Waals surface area contributed by atoms with Gasteiger partial charge in [0.25, 0.3) is 5.91 Å². The maximum Gasteiger partial charge on any atom is 0.418 e. The third-order valence-electron chi connectivity index (χ3n) is 3.80. The number of rotatable bonds is 2. The van der Waals surface area contributed by atoms with Crippen LogP contribution in [0.5, 0.6) is 0 Å². The highest BCUT2D eigenvalue weighted by molar-refractivity contribution is 8.18. The Labute approximate surface area is 153 Å². The average molecular weight is 376 g/mol. The maximum absolute atomic E-state index is 13.1. The smallest absolute Gasteiger partial charge is 0.300 e. The number of alkyl halides is 3. The molecule has 1 amide bonds. The first kappa shape index (κ1) is 18.3. The summed E-state index contributed by atoms with van der Waals surface area (Å²) < 4.78 is 39.2. The molecule has 3 rings (SSSR count). The summed E-state index contributed by atoms with van der Waals surface area (Å²) in [4.78, 5) is 16.5. The topological polar surface area (TPSA) is 41.5 Å². The molecule has 1 aliphatic heterocycles. The Bertz CT molecular complexity index is 933. The van der Waals surface area contributed by atoms with Gasteiger partial charge in [-0.05, 0) is 54.9 Å². The number of nitrogens with one attached hydrogen (secondary N) is 1. The molecule has 3 nitrogen and oxygen atoms in total. The minimum atomic E-state index is -4.51. The van der Waals surface area contributed by atoms with Crippen LogP contribution in [0.2, 0.25) is 0 Å². The summed E-state index contributed by atoms with van der Waals surface area (Å²) in [6, 6.07) is 10.9. The first-order chi connectivity index (χ1) is 12.2. The van der Waals surface area contributed by atoms with E-state index in [9.17, 15) is 18.0 Å². The number of para-hydroxylation sites is 1. The molecule has 0 atom stereocenters. The van der Waals surface area contributed by atoms with E-state index in [1.165, 1.54) is 18.2 Å². The van der Waals surface area contributed by atoms with Crippen molar-refractivity contribution in [2.45, 2.75) is 20.0 Å². The van der Waals surface area contributed by atoms with E-state index < -0.39 is 11.7 Å². The molecule has 1 saturated heterocycles. The van der Waals surface area contributed by atoms with Gasteiger partial charge in [0.2, 0.25) is 0 Å². The van der Waals surface area contributed by atoms with Gasteiger partial charge in [-0.2, -0.15) is 13.2 Å². The monoisotopic (exact) mass is 376 g/mol. The van der Waals surface area contributed by atoms with Gasteiger partial charge in [-0.3, -0.25) is 4.79 Å². The Morgan fingerprint density at radius 1 is 1.12 bits per heavy atom. The van der Waals surface area contributed by atoms with Gasteiger partial charge in [-0.15, -0.1) is 0 Å². The highest BCUT2D eigenvalue weighted by Crippen LogP contribution is 2.37. The van der Waals surface area contributed by atoms with Crippen LogP contribution in [0.4, 0.5) is 18.9 Å². The molecule has 1 aliphatic rings. The second kappa shape index (κ2) is 6.99. The van der Waals surface area contributed by atoms with Gasteiger partial charge in [0.05, 0.1) is 16.2 Å². The minimum Gasteiger partial charge on any atom is -0.300 e. The molecule has 2 aromatic rings. The summed E-state index contributed by atoms with van der Waals surface area (Å²) in [5.74, 6) is -0.376. The summed E-state index contributed by atoms with van der Waals surface area (Å²) in [7, 11) is 0. The lowest BCUT2D eigenvalue weighted by atomic mass is 10.1. The largest absolute Gasteiger partial charge is 0.418 e. The number of aryl methyl sites for hydroxylation is 2. The van der Waals surface area contributed by atoms with Crippen LogP contribution in [-0.2, 0) is 11.0 Å². The first-order valence-corrected chi connectivity index (χ1v) is 8.59. The van der Waals surface area contributed by atoms with Crippen LogP contribution >= 0.6 is 11.8 Å². The lowest BCUT2D eigenvalue weighted by Gasteiger charge is -2.09. The summed E-state index contributed by atoms with van der Waals surface area (Å²) >= 11 is 1.03. The van der Waals surface area contributed by atoms with Crippen molar-refractivity contribution in [1.29, 1.82) is 0 Å². The molecular formula is C19H15F3N2OS. The van der Waals surface area contributed by atoms with E-state index in [4.69, 9.17) is 0 Å². The fourth-order valence-electron chi connectivity index (χ4n) is 2.46. The highest BCUT2D eigenvalue weighted by atomic mass is 32.2. The van der Waals surface area contributed by atoms with Crippen molar-refractivity contribution < 1.29 is 18.0 Å². The molecule has 134 valence electrons. The summed E-state index contributed by atoms with van der Waals surface area (Å²) in [6.07, 6.45) is -2.79. The number of carbonyl (C=O) groups is 1. The van der Waals surface area contributed by atoms with Gasteiger partial charge in [0.15, 0.2) is 5.17 Å². The van der Waals surface area contributed by atoms with E-state index in [-0.39, 0.29) is 16.8 Å². The zero-order valence-corrected chi connectivity index (χ0v) is 14.8. The third-order valence-corrected chi connectivity index (χ3v) is 4.71. The molecule has 0 aromatic heterocycles. The number of amidine groups is 1. The van der Waals surface area contributed by atoms with Crippen molar-refractivity contribution in [3.8, 4) is 0 Å². The van der Waals surface area contributed by atoms with Crippen molar-refractivity contribution >= 4 is 34.6 Å². The Balaban J connectivity index is 1.92. The molecule has 1 fully saturated rings. The fraction of sp³-hybridized carbons (Fsp3) is 0.158. The number of hydrogen-bond acceptors (Lipinski definition) is 3. The van der Waals surface area contributed by atoms with E-state index in [0.717, 1.165) is 34.5 Å². The van der Waals surface area contributed by atoms with Crippen LogP contribution < -0.4 is 5.32 Å². The predicted molar refractivity (Wildman–Crippen MR) is 98.2 cm³/mol. The Hall–Kier alpha value is -2.54. The molecule has 0 bridgehead atoms. The third kappa shape index (κ3) is 3.99. The van der Waals surface area contributed by atoms with Gasteiger partial charge in [-0.1, -0.05) is 35.9 Å². The van der Waals surface area contributed by atoms with Gasteiger partial charge < -0.3 is 5.32 Å². The van der Waals surface area contributed by atoms with Gasteiger partial charge >= 0.3 is 6.18 Å². The number of benzene rings is 2. The summed E-state index contributed by atoms with van der Waals surface area (Å²) in [5, 5.41) is 2.65. The highest BCUT2D eigenvalue weighted by Gasteiger charge is 2.34. The average Bonchev–Trinajstić information content (AvgIpc) is 2.90. The molecule has 0 unspecified atom stereocenters. The number of thioether (sulfide) groups is 1. The van der Waals surface area contributed by atoms with E-state index in [0.29, 0.717) is 4.91 Å².